The number of rotatable bonds is 6. The zero-order valence-corrected chi connectivity index (χ0v) is 16.6. The van der Waals surface area contributed by atoms with Crippen molar-refractivity contribution < 1.29 is 19.5 Å². The van der Waals surface area contributed by atoms with Crippen molar-refractivity contribution in [1.82, 2.24) is 4.90 Å². The first-order chi connectivity index (χ1) is 13.9. The van der Waals surface area contributed by atoms with Crippen molar-refractivity contribution in [3.8, 4) is 0 Å². The van der Waals surface area contributed by atoms with Crippen LogP contribution in [0, 0.1) is 12.8 Å². The van der Waals surface area contributed by atoms with Gasteiger partial charge >= 0.3 is 5.97 Å². The van der Waals surface area contributed by atoms with Crippen LogP contribution in [0.1, 0.15) is 40.7 Å². The third-order valence-electron chi connectivity index (χ3n) is 5.41. The molecule has 152 valence electrons. The average molecular weight is 394 g/mol. The lowest BCUT2D eigenvalue weighted by Crippen LogP contribution is -2.41. The number of carbonyl (C=O) groups excluding carboxylic acids is 2. The summed E-state index contributed by atoms with van der Waals surface area (Å²) in [5.41, 5.74) is 2.58. The van der Waals surface area contributed by atoms with Crippen molar-refractivity contribution in [3.05, 3.63) is 65.2 Å². The highest BCUT2D eigenvalue weighted by atomic mass is 16.4. The SMILES string of the molecule is Cc1cc(NC(=O)C2CCN(C(=O)CCc3ccccc3)CC2)ccc1C(=O)O. The van der Waals surface area contributed by atoms with Crippen molar-refractivity contribution in [2.75, 3.05) is 18.4 Å². The van der Waals surface area contributed by atoms with Crippen LogP contribution >= 0.6 is 0 Å². The number of carboxylic acid groups (broad SMARTS) is 1. The summed E-state index contributed by atoms with van der Waals surface area (Å²) < 4.78 is 0. The maximum Gasteiger partial charge on any atom is 0.335 e. The second-order valence-electron chi connectivity index (χ2n) is 7.46. The molecule has 0 aromatic heterocycles. The molecule has 2 amide bonds. The Morgan fingerprint density at radius 3 is 2.38 bits per heavy atom. The predicted molar refractivity (Wildman–Crippen MR) is 111 cm³/mol. The predicted octanol–water partition coefficient (Wildman–Crippen LogP) is 3.50. The van der Waals surface area contributed by atoms with E-state index in [9.17, 15) is 14.4 Å². The highest BCUT2D eigenvalue weighted by molar-refractivity contribution is 5.94. The summed E-state index contributed by atoms with van der Waals surface area (Å²) in [7, 11) is 0. The van der Waals surface area contributed by atoms with Crippen LogP contribution < -0.4 is 5.32 Å². The van der Waals surface area contributed by atoms with Crippen LogP contribution in [0.4, 0.5) is 5.69 Å². The summed E-state index contributed by atoms with van der Waals surface area (Å²) in [6.07, 6.45) is 2.48. The number of piperidine rings is 1. The van der Waals surface area contributed by atoms with Crippen LogP contribution in [0.5, 0.6) is 0 Å². The molecule has 1 aliphatic heterocycles. The first-order valence-electron chi connectivity index (χ1n) is 9.90. The van der Waals surface area contributed by atoms with Gasteiger partial charge in [-0.25, -0.2) is 4.79 Å². The van der Waals surface area contributed by atoms with E-state index >= 15 is 0 Å². The minimum Gasteiger partial charge on any atom is -0.478 e. The largest absolute Gasteiger partial charge is 0.478 e. The molecule has 0 spiro atoms. The topological polar surface area (TPSA) is 86.7 Å². The molecular formula is C23H26N2O4. The fourth-order valence-corrected chi connectivity index (χ4v) is 3.67. The molecule has 6 heteroatoms. The molecule has 29 heavy (non-hydrogen) atoms. The number of anilines is 1. The number of carbonyl (C=O) groups is 3. The third-order valence-corrected chi connectivity index (χ3v) is 5.41. The summed E-state index contributed by atoms with van der Waals surface area (Å²) in [5, 5.41) is 12.0. The van der Waals surface area contributed by atoms with E-state index < -0.39 is 5.97 Å². The van der Waals surface area contributed by atoms with Gasteiger partial charge < -0.3 is 15.3 Å². The zero-order valence-electron chi connectivity index (χ0n) is 16.6. The minimum atomic E-state index is -0.982. The number of likely N-dealkylation sites (tertiary alicyclic amines) is 1. The van der Waals surface area contributed by atoms with Gasteiger partial charge in [-0.05, 0) is 55.5 Å². The van der Waals surface area contributed by atoms with Crippen molar-refractivity contribution in [3.63, 3.8) is 0 Å². The Labute approximate surface area is 170 Å². The molecule has 2 N–H and O–H groups in total. The molecule has 0 radical (unpaired) electrons. The first kappa shape index (κ1) is 20.6. The highest BCUT2D eigenvalue weighted by Crippen LogP contribution is 2.22. The smallest absolute Gasteiger partial charge is 0.335 e. The average Bonchev–Trinajstić information content (AvgIpc) is 2.72. The molecule has 0 atom stereocenters. The van der Waals surface area contributed by atoms with Gasteiger partial charge in [-0.2, -0.15) is 0 Å². The van der Waals surface area contributed by atoms with Crippen LogP contribution in [0.15, 0.2) is 48.5 Å². The lowest BCUT2D eigenvalue weighted by molar-refractivity contribution is -0.134. The summed E-state index contributed by atoms with van der Waals surface area (Å²) >= 11 is 0. The van der Waals surface area contributed by atoms with Gasteiger partial charge in [-0.1, -0.05) is 30.3 Å². The number of hydrogen-bond donors (Lipinski definition) is 2. The zero-order chi connectivity index (χ0) is 20.8. The maximum absolute atomic E-state index is 12.6. The summed E-state index contributed by atoms with van der Waals surface area (Å²) in [5.74, 6) is -1.08. The van der Waals surface area contributed by atoms with E-state index in [4.69, 9.17) is 5.11 Å². The molecule has 6 nitrogen and oxygen atoms in total. The molecule has 0 aliphatic carbocycles. The van der Waals surface area contributed by atoms with E-state index in [0.29, 0.717) is 43.6 Å². The van der Waals surface area contributed by atoms with Crippen LogP contribution in [-0.2, 0) is 16.0 Å². The molecule has 0 bridgehead atoms. The third kappa shape index (κ3) is 5.44. The van der Waals surface area contributed by atoms with Crippen LogP contribution in [0.2, 0.25) is 0 Å². The molecule has 1 fully saturated rings. The normalized spacial score (nSPS) is 14.4. The van der Waals surface area contributed by atoms with E-state index in [1.54, 1.807) is 19.1 Å². The van der Waals surface area contributed by atoms with Crippen molar-refractivity contribution >= 4 is 23.5 Å². The van der Waals surface area contributed by atoms with E-state index in [1.807, 2.05) is 35.2 Å². The highest BCUT2D eigenvalue weighted by Gasteiger charge is 2.27. The van der Waals surface area contributed by atoms with Gasteiger partial charge in [0.15, 0.2) is 0 Å². The van der Waals surface area contributed by atoms with E-state index in [-0.39, 0.29) is 23.3 Å². The number of aromatic carboxylic acids is 1. The van der Waals surface area contributed by atoms with Crippen molar-refractivity contribution in [2.45, 2.75) is 32.6 Å². The minimum absolute atomic E-state index is 0.0798. The molecule has 0 saturated carbocycles. The van der Waals surface area contributed by atoms with Crippen molar-refractivity contribution in [1.29, 1.82) is 0 Å². The maximum atomic E-state index is 12.6. The Kier molecular flexibility index (Phi) is 6.65. The van der Waals surface area contributed by atoms with Gasteiger partial charge in [0.25, 0.3) is 0 Å². The number of nitrogens with one attached hydrogen (secondary N) is 1. The van der Waals surface area contributed by atoms with Crippen LogP contribution in [-0.4, -0.2) is 40.9 Å². The summed E-state index contributed by atoms with van der Waals surface area (Å²) in [6, 6.07) is 14.7. The molecule has 2 aromatic rings. The summed E-state index contributed by atoms with van der Waals surface area (Å²) in [6.45, 7) is 2.88. The molecule has 0 unspecified atom stereocenters. The molecule has 1 aliphatic rings. The van der Waals surface area contributed by atoms with Gasteiger partial charge in [0, 0.05) is 31.1 Å². The number of carboxylic acids is 1. The van der Waals surface area contributed by atoms with Crippen LogP contribution in [0.3, 0.4) is 0 Å². The Hall–Kier alpha value is -3.15. The summed E-state index contributed by atoms with van der Waals surface area (Å²) in [4.78, 5) is 37.9. The van der Waals surface area contributed by atoms with E-state index in [1.165, 1.54) is 6.07 Å². The second kappa shape index (κ2) is 9.37. The Morgan fingerprint density at radius 2 is 1.76 bits per heavy atom. The van der Waals surface area contributed by atoms with Gasteiger partial charge in [-0.15, -0.1) is 0 Å². The van der Waals surface area contributed by atoms with Crippen LogP contribution in [0.25, 0.3) is 0 Å². The Balaban J connectivity index is 1.47. The number of aryl methyl sites for hydroxylation is 2. The molecular weight excluding hydrogens is 368 g/mol. The number of hydrogen-bond acceptors (Lipinski definition) is 3. The Morgan fingerprint density at radius 1 is 1.07 bits per heavy atom. The fraction of sp³-hybridized carbons (Fsp3) is 0.348. The van der Waals surface area contributed by atoms with Gasteiger partial charge in [0.05, 0.1) is 5.56 Å². The lowest BCUT2D eigenvalue weighted by atomic mass is 9.95. The quantitative estimate of drug-likeness (QED) is 0.785. The van der Waals surface area contributed by atoms with Gasteiger partial charge in [0.1, 0.15) is 0 Å². The standard InChI is InChI=1S/C23H26N2O4/c1-16-15-19(8-9-20(16)23(28)29)24-22(27)18-11-13-25(14-12-18)21(26)10-7-17-5-3-2-4-6-17/h2-6,8-9,15,18H,7,10-14H2,1H3,(H,24,27)(H,28,29). The number of amides is 2. The van der Waals surface area contributed by atoms with E-state index in [2.05, 4.69) is 5.32 Å². The number of nitrogens with zero attached hydrogens (tertiary/aromatic N) is 1. The Bertz CT molecular complexity index is 887. The van der Waals surface area contributed by atoms with Gasteiger partial charge in [0.2, 0.25) is 11.8 Å². The second-order valence-corrected chi connectivity index (χ2v) is 7.46. The van der Waals surface area contributed by atoms with E-state index in [0.717, 1.165) is 12.0 Å². The molecule has 1 saturated heterocycles. The monoisotopic (exact) mass is 394 g/mol. The lowest BCUT2D eigenvalue weighted by Gasteiger charge is -2.31. The van der Waals surface area contributed by atoms with Crippen molar-refractivity contribution in [2.24, 2.45) is 5.92 Å². The molecule has 2 aromatic carbocycles. The number of benzene rings is 2. The molecule has 1 heterocycles. The molecule has 3 rings (SSSR count). The first-order valence-corrected chi connectivity index (χ1v) is 9.90. The fourth-order valence-electron chi connectivity index (χ4n) is 3.67. The van der Waals surface area contributed by atoms with Gasteiger partial charge in [-0.3, -0.25) is 9.59 Å².